The van der Waals surface area contributed by atoms with Crippen molar-refractivity contribution in [3.63, 3.8) is 0 Å². The first-order chi connectivity index (χ1) is 9.74. The van der Waals surface area contributed by atoms with Crippen LogP contribution in [0.1, 0.15) is 31.1 Å². The predicted octanol–water partition coefficient (Wildman–Crippen LogP) is 3.54. The first-order valence-electron chi connectivity index (χ1n) is 6.80. The lowest BCUT2D eigenvalue weighted by Gasteiger charge is -2.26. The topological polar surface area (TPSA) is 29.5 Å². The van der Waals surface area contributed by atoms with Crippen LogP contribution in [0.15, 0.2) is 24.3 Å². The summed E-state index contributed by atoms with van der Waals surface area (Å²) in [6.07, 6.45) is -4.33. The van der Waals surface area contributed by atoms with Crippen LogP contribution in [0.2, 0.25) is 0 Å². The average Bonchev–Trinajstić information content (AvgIpc) is 2.37. The van der Waals surface area contributed by atoms with E-state index >= 15 is 0 Å². The van der Waals surface area contributed by atoms with Crippen LogP contribution >= 0.6 is 0 Å². The second-order valence-corrected chi connectivity index (χ2v) is 4.97. The summed E-state index contributed by atoms with van der Waals surface area (Å²) in [5.41, 5.74) is 0.312. The summed E-state index contributed by atoms with van der Waals surface area (Å²) in [4.78, 5) is 13.4. The third-order valence-electron chi connectivity index (χ3n) is 2.95. The average molecular weight is 303 g/mol. The summed E-state index contributed by atoms with van der Waals surface area (Å²) in [5.74, 6) is 0.0257. The Balaban J connectivity index is 2.87. The molecule has 0 heterocycles. The fraction of sp³-hybridized carbons (Fsp3) is 0.533. The van der Waals surface area contributed by atoms with Gasteiger partial charge in [-0.1, -0.05) is 12.1 Å². The molecule has 0 spiro atoms. The number of carbonyl (C=O) groups excluding carboxylic acids is 1. The highest BCUT2D eigenvalue weighted by Crippen LogP contribution is 2.21. The van der Waals surface area contributed by atoms with Gasteiger partial charge in [0.15, 0.2) is 5.78 Å². The summed E-state index contributed by atoms with van der Waals surface area (Å²) in [6.45, 7) is 4.04. The summed E-state index contributed by atoms with van der Waals surface area (Å²) < 4.78 is 43.0. The normalized spacial score (nSPS) is 12.0. The van der Waals surface area contributed by atoms with Gasteiger partial charge in [0.25, 0.3) is 0 Å². The molecule has 0 unspecified atom stereocenters. The van der Waals surface area contributed by atoms with E-state index in [1.807, 2.05) is 0 Å². The largest absolute Gasteiger partial charge is 0.493 e. The number of carbonyl (C=O) groups is 1. The van der Waals surface area contributed by atoms with Crippen molar-refractivity contribution in [2.45, 2.75) is 33.0 Å². The first-order valence-corrected chi connectivity index (χ1v) is 6.80. The number of para-hydroxylation sites is 1. The fourth-order valence-electron chi connectivity index (χ4n) is 1.90. The SMILES string of the molecule is CCOc1ccccc1C(=O)CN(CC(F)(F)F)C(C)C. The van der Waals surface area contributed by atoms with Gasteiger partial charge in [0, 0.05) is 6.04 Å². The van der Waals surface area contributed by atoms with Crippen molar-refractivity contribution >= 4 is 5.78 Å². The molecule has 0 atom stereocenters. The van der Waals surface area contributed by atoms with E-state index in [1.165, 1.54) is 0 Å². The molecule has 6 heteroatoms. The number of benzene rings is 1. The van der Waals surface area contributed by atoms with Crippen molar-refractivity contribution < 1.29 is 22.7 Å². The van der Waals surface area contributed by atoms with E-state index in [-0.39, 0.29) is 18.4 Å². The Kier molecular flexibility index (Phi) is 6.20. The molecule has 0 amide bonds. The minimum Gasteiger partial charge on any atom is -0.493 e. The highest BCUT2D eigenvalue weighted by atomic mass is 19.4. The third kappa shape index (κ3) is 5.75. The molecule has 0 radical (unpaired) electrons. The lowest BCUT2D eigenvalue weighted by atomic mass is 10.1. The number of rotatable bonds is 7. The smallest absolute Gasteiger partial charge is 0.401 e. The van der Waals surface area contributed by atoms with Crippen molar-refractivity contribution in [3.05, 3.63) is 29.8 Å². The molecule has 1 aromatic carbocycles. The van der Waals surface area contributed by atoms with E-state index in [2.05, 4.69) is 0 Å². The van der Waals surface area contributed by atoms with Gasteiger partial charge in [-0.3, -0.25) is 9.69 Å². The Hall–Kier alpha value is -1.56. The number of ether oxygens (including phenoxy) is 1. The maximum Gasteiger partial charge on any atom is 0.401 e. The predicted molar refractivity (Wildman–Crippen MR) is 74.7 cm³/mol. The zero-order chi connectivity index (χ0) is 16.0. The number of alkyl halides is 3. The standard InChI is InChI=1S/C15H20F3NO2/c1-4-21-14-8-6-5-7-12(14)13(20)9-19(11(2)3)10-15(16,17)18/h5-8,11H,4,9-10H2,1-3H3. The van der Waals surface area contributed by atoms with Gasteiger partial charge in [-0.25, -0.2) is 0 Å². The summed E-state index contributed by atoms with van der Waals surface area (Å²) in [7, 11) is 0. The second kappa shape index (κ2) is 7.45. The molecule has 0 aromatic heterocycles. The van der Waals surface area contributed by atoms with Gasteiger partial charge >= 0.3 is 6.18 Å². The number of Topliss-reactive ketones (excluding diaryl/α,β-unsaturated/α-hetero) is 1. The van der Waals surface area contributed by atoms with Gasteiger partial charge in [0.2, 0.25) is 0 Å². The van der Waals surface area contributed by atoms with Crippen LogP contribution < -0.4 is 4.74 Å². The molecule has 0 saturated heterocycles. The number of hydrogen-bond donors (Lipinski definition) is 0. The van der Waals surface area contributed by atoms with E-state index in [0.29, 0.717) is 17.9 Å². The van der Waals surface area contributed by atoms with E-state index in [0.717, 1.165) is 4.90 Å². The Labute approximate surface area is 122 Å². The number of halogens is 3. The molecule has 0 aliphatic heterocycles. The van der Waals surface area contributed by atoms with E-state index in [4.69, 9.17) is 4.74 Å². The molecule has 0 N–H and O–H groups in total. The Morgan fingerprint density at radius 3 is 2.43 bits per heavy atom. The molecule has 21 heavy (non-hydrogen) atoms. The van der Waals surface area contributed by atoms with Crippen molar-refractivity contribution in [1.82, 2.24) is 4.90 Å². The van der Waals surface area contributed by atoms with Crippen molar-refractivity contribution in [3.8, 4) is 5.75 Å². The minimum atomic E-state index is -4.33. The van der Waals surface area contributed by atoms with Crippen LogP contribution in [0.4, 0.5) is 13.2 Å². The van der Waals surface area contributed by atoms with Gasteiger partial charge in [0.05, 0.1) is 25.3 Å². The third-order valence-corrected chi connectivity index (χ3v) is 2.95. The van der Waals surface area contributed by atoms with E-state index in [1.54, 1.807) is 45.0 Å². The molecule has 0 aliphatic rings. The zero-order valence-corrected chi connectivity index (χ0v) is 12.4. The number of hydrogen-bond acceptors (Lipinski definition) is 3. The van der Waals surface area contributed by atoms with Crippen LogP contribution in [0, 0.1) is 0 Å². The van der Waals surface area contributed by atoms with Crippen LogP contribution in [-0.2, 0) is 0 Å². The highest BCUT2D eigenvalue weighted by Gasteiger charge is 2.33. The van der Waals surface area contributed by atoms with Gasteiger partial charge in [0.1, 0.15) is 5.75 Å². The number of ketones is 1. The van der Waals surface area contributed by atoms with Crippen LogP contribution in [0.5, 0.6) is 5.75 Å². The first kappa shape index (κ1) is 17.5. The number of nitrogens with zero attached hydrogens (tertiary/aromatic N) is 1. The van der Waals surface area contributed by atoms with Gasteiger partial charge < -0.3 is 4.74 Å². The highest BCUT2D eigenvalue weighted by molar-refractivity contribution is 6.00. The van der Waals surface area contributed by atoms with Crippen LogP contribution in [0.25, 0.3) is 0 Å². The molecule has 0 bridgehead atoms. The lowest BCUT2D eigenvalue weighted by Crippen LogP contribution is -2.42. The van der Waals surface area contributed by atoms with Gasteiger partial charge in [-0.15, -0.1) is 0 Å². The molecule has 0 saturated carbocycles. The quantitative estimate of drug-likeness (QED) is 0.722. The zero-order valence-electron chi connectivity index (χ0n) is 12.4. The van der Waals surface area contributed by atoms with Crippen molar-refractivity contribution in [1.29, 1.82) is 0 Å². The molecule has 3 nitrogen and oxygen atoms in total. The van der Waals surface area contributed by atoms with Crippen LogP contribution in [-0.4, -0.2) is 42.6 Å². The molecule has 0 fully saturated rings. The van der Waals surface area contributed by atoms with E-state index < -0.39 is 12.7 Å². The second-order valence-electron chi connectivity index (χ2n) is 4.97. The monoisotopic (exact) mass is 303 g/mol. The summed E-state index contributed by atoms with van der Waals surface area (Å²) in [5, 5.41) is 0. The fourth-order valence-corrected chi connectivity index (χ4v) is 1.90. The molecule has 1 aromatic rings. The molecule has 1 rings (SSSR count). The Morgan fingerprint density at radius 2 is 1.90 bits per heavy atom. The maximum absolute atomic E-state index is 12.5. The molecular weight excluding hydrogens is 283 g/mol. The van der Waals surface area contributed by atoms with Crippen molar-refractivity contribution in [2.75, 3.05) is 19.7 Å². The summed E-state index contributed by atoms with van der Waals surface area (Å²) >= 11 is 0. The molecule has 0 aliphatic carbocycles. The Bertz CT molecular complexity index is 472. The minimum absolute atomic E-state index is 0.290. The van der Waals surface area contributed by atoms with Gasteiger partial charge in [-0.05, 0) is 32.9 Å². The Morgan fingerprint density at radius 1 is 1.29 bits per heavy atom. The summed E-state index contributed by atoms with van der Waals surface area (Å²) in [6, 6.07) is 6.21. The molecule has 118 valence electrons. The van der Waals surface area contributed by atoms with Gasteiger partial charge in [-0.2, -0.15) is 13.2 Å². The van der Waals surface area contributed by atoms with Crippen LogP contribution in [0.3, 0.4) is 0 Å². The molecular formula is C15H20F3NO2. The maximum atomic E-state index is 12.5. The van der Waals surface area contributed by atoms with Crippen molar-refractivity contribution in [2.24, 2.45) is 0 Å². The lowest BCUT2D eigenvalue weighted by molar-refractivity contribution is -0.148. The van der Waals surface area contributed by atoms with E-state index in [9.17, 15) is 18.0 Å².